The largest absolute Gasteiger partial charge is 0.331 e. The second-order valence-corrected chi connectivity index (χ2v) is 7.17. The highest BCUT2D eigenvalue weighted by Crippen LogP contribution is 2.21. The van der Waals surface area contributed by atoms with E-state index in [1.165, 1.54) is 0 Å². The van der Waals surface area contributed by atoms with E-state index in [0.717, 1.165) is 16.8 Å². The molecule has 0 aliphatic rings. The van der Waals surface area contributed by atoms with Gasteiger partial charge in [-0.05, 0) is 46.2 Å². The molecule has 6 heteroatoms. The van der Waals surface area contributed by atoms with Crippen molar-refractivity contribution in [2.24, 2.45) is 0 Å². The van der Waals surface area contributed by atoms with Gasteiger partial charge in [-0.1, -0.05) is 6.07 Å². The topological polar surface area (TPSA) is 63.1 Å². The zero-order chi connectivity index (χ0) is 17.9. The van der Waals surface area contributed by atoms with Gasteiger partial charge in [0.2, 0.25) is 0 Å². The smallest absolute Gasteiger partial charge is 0.317 e. The van der Waals surface area contributed by atoms with Crippen LogP contribution in [0.5, 0.6) is 0 Å². The summed E-state index contributed by atoms with van der Waals surface area (Å²) in [6, 6.07) is 3.60. The van der Waals surface area contributed by atoms with E-state index >= 15 is 0 Å². The Kier molecular flexibility index (Phi) is 5.26. The Morgan fingerprint density at radius 2 is 2.12 bits per heavy atom. The Morgan fingerprint density at radius 3 is 2.67 bits per heavy atom. The van der Waals surface area contributed by atoms with Crippen LogP contribution in [0.4, 0.5) is 4.79 Å². The summed E-state index contributed by atoms with van der Waals surface area (Å²) in [5.74, 6) is 0. The number of nitrogens with zero attached hydrogens (tertiary/aromatic N) is 4. The third-order valence-corrected chi connectivity index (χ3v) is 3.92. The summed E-state index contributed by atoms with van der Waals surface area (Å²) in [5.41, 5.74) is 2.89. The molecule has 24 heavy (non-hydrogen) atoms. The number of carbonyl (C=O) groups excluding carboxylic acids is 1. The molecule has 2 rings (SSSR count). The number of pyridine rings is 1. The lowest BCUT2D eigenvalue weighted by molar-refractivity contribution is 0.203. The highest BCUT2D eigenvalue weighted by molar-refractivity contribution is 5.74. The van der Waals surface area contributed by atoms with Crippen LogP contribution in [0.15, 0.2) is 30.7 Å². The van der Waals surface area contributed by atoms with E-state index in [1.54, 1.807) is 24.3 Å². The molecule has 0 saturated heterocycles. The minimum atomic E-state index is -0.116. The molecule has 2 aromatic heterocycles. The van der Waals surface area contributed by atoms with Gasteiger partial charge in [-0.15, -0.1) is 0 Å². The van der Waals surface area contributed by atoms with Crippen molar-refractivity contribution in [3.63, 3.8) is 0 Å². The quantitative estimate of drug-likeness (QED) is 0.936. The van der Waals surface area contributed by atoms with E-state index < -0.39 is 0 Å². The molecule has 0 saturated carbocycles. The van der Waals surface area contributed by atoms with Crippen LogP contribution in [0.2, 0.25) is 0 Å². The number of nitrogens with one attached hydrogen (secondary N) is 1. The molecule has 1 atom stereocenters. The minimum Gasteiger partial charge on any atom is -0.331 e. The lowest BCUT2D eigenvalue weighted by Gasteiger charge is -2.21. The summed E-state index contributed by atoms with van der Waals surface area (Å²) >= 11 is 0. The van der Waals surface area contributed by atoms with Crippen LogP contribution in [0, 0.1) is 6.92 Å². The molecule has 2 heterocycles. The molecule has 0 spiro atoms. The fourth-order valence-corrected chi connectivity index (χ4v) is 2.45. The Morgan fingerprint density at radius 1 is 1.42 bits per heavy atom. The van der Waals surface area contributed by atoms with Gasteiger partial charge in [0, 0.05) is 37.7 Å². The van der Waals surface area contributed by atoms with Gasteiger partial charge in [0.15, 0.2) is 0 Å². The number of carbonyl (C=O) groups is 1. The minimum absolute atomic E-state index is 0.0795. The van der Waals surface area contributed by atoms with Crippen LogP contribution in [-0.2, 0) is 12.1 Å². The average Bonchev–Trinajstić information content (AvgIpc) is 2.90. The van der Waals surface area contributed by atoms with Crippen molar-refractivity contribution < 1.29 is 4.79 Å². The van der Waals surface area contributed by atoms with Gasteiger partial charge in [-0.2, -0.15) is 5.10 Å². The third kappa shape index (κ3) is 4.34. The predicted octanol–water partition coefficient (Wildman–Crippen LogP) is 3.24. The SMILES string of the molecule is Cc1nn(C(C)(C)C)cc1[C@H](C)NC(=O)N(C)Cc1cccnc1. The van der Waals surface area contributed by atoms with E-state index in [9.17, 15) is 4.79 Å². The van der Waals surface area contributed by atoms with E-state index in [2.05, 4.69) is 36.2 Å². The molecule has 0 unspecified atom stereocenters. The van der Waals surface area contributed by atoms with Crippen LogP contribution >= 0.6 is 0 Å². The summed E-state index contributed by atoms with van der Waals surface area (Å²) < 4.78 is 1.94. The number of amides is 2. The van der Waals surface area contributed by atoms with Crippen LogP contribution in [0.25, 0.3) is 0 Å². The number of rotatable bonds is 4. The van der Waals surface area contributed by atoms with Crippen molar-refractivity contribution in [1.29, 1.82) is 0 Å². The molecular formula is C18H27N5O. The highest BCUT2D eigenvalue weighted by Gasteiger charge is 2.21. The highest BCUT2D eigenvalue weighted by atomic mass is 16.2. The summed E-state index contributed by atoms with van der Waals surface area (Å²) in [4.78, 5) is 18.1. The molecule has 0 aliphatic carbocycles. The lowest BCUT2D eigenvalue weighted by Crippen LogP contribution is -2.38. The normalized spacial score (nSPS) is 12.8. The first-order chi connectivity index (χ1) is 11.2. The lowest BCUT2D eigenvalue weighted by atomic mass is 10.1. The Bertz CT molecular complexity index is 687. The van der Waals surface area contributed by atoms with Crippen molar-refractivity contribution >= 4 is 6.03 Å². The Balaban J connectivity index is 2.02. The molecule has 0 radical (unpaired) electrons. The molecule has 130 valence electrons. The summed E-state index contributed by atoms with van der Waals surface area (Å²) in [7, 11) is 1.78. The van der Waals surface area contributed by atoms with Crippen molar-refractivity contribution in [2.45, 2.75) is 52.7 Å². The van der Waals surface area contributed by atoms with E-state index in [0.29, 0.717) is 6.54 Å². The predicted molar refractivity (Wildman–Crippen MR) is 94.6 cm³/mol. The molecular weight excluding hydrogens is 302 g/mol. The van der Waals surface area contributed by atoms with E-state index in [1.807, 2.05) is 36.9 Å². The maximum absolute atomic E-state index is 12.4. The van der Waals surface area contributed by atoms with Gasteiger partial charge < -0.3 is 10.2 Å². The molecule has 0 aliphatic heterocycles. The maximum atomic E-state index is 12.4. The average molecular weight is 329 g/mol. The van der Waals surface area contributed by atoms with Crippen molar-refractivity contribution in [1.82, 2.24) is 25.0 Å². The van der Waals surface area contributed by atoms with E-state index in [4.69, 9.17) is 0 Å². The van der Waals surface area contributed by atoms with Crippen molar-refractivity contribution in [3.05, 3.63) is 47.5 Å². The van der Waals surface area contributed by atoms with Gasteiger partial charge in [0.05, 0.1) is 17.3 Å². The standard InChI is InChI=1S/C18H27N5O/c1-13(16-12-23(18(3,4)5)21-14(16)2)20-17(24)22(6)11-15-8-7-9-19-10-15/h7-10,12-13H,11H2,1-6H3,(H,20,24)/t13-/m0/s1. The fraction of sp³-hybridized carbons (Fsp3) is 0.500. The first-order valence-electron chi connectivity index (χ1n) is 8.15. The maximum Gasteiger partial charge on any atom is 0.317 e. The molecule has 6 nitrogen and oxygen atoms in total. The van der Waals surface area contributed by atoms with Gasteiger partial charge >= 0.3 is 6.03 Å². The zero-order valence-corrected chi connectivity index (χ0v) is 15.4. The molecule has 2 aromatic rings. The second-order valence-electron chi connectivity index (χ2n) is 7.17. The first kappa shape index (κ1) is 18.0. The van der Waals surface area contributed by atoms with Gasteiger partial charge in [0.25, 0.3) is 0 Å². The Hall–Kier alpha value is -2.37. The van der Waals surface area contributed by atoms with Crippen LogP contribution in [-0.4, -0.2) is 32.7 Å². The van der Waals surface area contributed by atoms with Crippen LogP contribution < -0.4 is 5.32 Å². The summed E-state index contributed by atoms with van der Waals surface area (Å²) in [6.07, 6.45) is 5.51. The van der Waals surface area contributed by atoms with Gasteiger partial charge in [-0.3, -0.25) is 9.67 Å². The summed E-state index contributed by atoms with van der Waals surface area (Å²) in [6.45, 7) is 10.8. The third-order valence-electron chi connectivity index (χ3n) is 3.92. The van der Waals surface area contributed by atoms with Crippen molar-refractivity contribution in [2.75, 3.05) is 7.05 Å². The van der Waals surface area contributed by atoms with Crippen molar-refractivity contribution in [3.8, 4) is 0 Å². The van der Waals surface area contributed by atoms with Crippen LogP contribution in [0.3, 0.4) is 0 Å². The fourth-order valence-electron chi connectivity index (χ4n) is 2.45. The second kappa shape index (κ2) is 7.03. The van der Waals surface area contributed by atoms with Gasteiger partial charge in [-0.25, -0.2) is 4.79 Å². The number of hydrogen-bond acceptors (Lipinski definition) is 3. The molecule has 0 aromatic carbocycles. The summed E-state index contributed by atoms with van der Waals surface area (Å²) in [5, 5.41) is 7.60. The van der Waals surface area contributed by atoms with E-state index in [-0.39, 0.29) is 17.6 Å². The molecule has 0 fully saturated rings. The number of hydrogen-bond donors (Lipinski definition) is 1. The Labute approximate surface area is 143 Å². The first-order valence-corrected chi connectivity index (χ1v) is 8.15. The number of aromatic nitrogens is 3. The molecule has 0 bridgehead atoms. The molecule has 2 amide bonds. The number of aryl methyl sites for hydroxylation is 1. The molecule has 1 N–H and O–H groups in total. The van der Waals surface area contributed by atoms with Gasteiger partial charge in [0.1, 0.15) is 0 Å². The van der Waals surface area contributed by atoms with Crippen LogP contribution in [0.1, 0.15) is 50.6 Å². The zero-order valence-electron chi connectivity index (χ0n) is 15.4. The monoisotopic (exact) mass is 329 g/mol. The number of urea groups is 1.